The molecule has 3 rings (SSSR count). The topological polar surface area (TPSA) is 70.3 Å². The van der Waals surface area contributed by atoms with E-state index in [0.717, 1.165) is 11.1 Å². The zero-order valence-corrected chi connectivity index (χ0v) is 17.6. The van der Waals surface area contributed by atoms with Crippen LogP contribution in [0.15, 0.2) is 66.7 Å². The lowest BCUT2D eigenvalue weighted by Gasteiger charge is -2.22. The van der Waals surface area contributed by atoms with Gasteiger partial charge >= 0.3 is 5.97 Å². The molecule has 1 unspecified atom stereocenters. The second-order valence-electron chi connectivity index (χ2n) is 7.31. The highest BCUT2D eigenvalue weighted by Crippen LogP contribution is 2.39. The van der Waals surface area contributed by atoms with E-state index in [9.17, 15) is 15.2 Å². The van der Waals surface area contributed by atoms with Crippen LogP contribution in [0.4, 0.5) is 0 Å². The van der Waals surface area contributed by atoms with Gasteiger partial charge in [-0.05, 0) is 58.5 Å². The maximum absolute atomic E-state index is 11.4. The van der Waals surface area contributed by atoms with Crippen molar-refractivity contribution in [2.45, 2.75) is 32.1 Å². The number of halogens is 1. The summed E-state index contributed by atoms with van der Waals surface area (Å²) in [5.41, 5.74) is 2.88. The van der Waals surface area contributed by atoms with Gasteiger partial charge < -0.3 is 9.84 Å². The van der Waals surface area contributed by atoms with E-state index in [4.69, 9.17) is 16.3 Å². The van der Waals surface area contributed by atoms with Gasteiger partial charge in [0.1, 0.15) is 11.5 Å². The molecule has 0 saturated heterocycles. The fraction of sp³-hybridized carbons (Fsp3) is 0.200. The zero-order chi connectivity index (χ0) is 21.7. The van der Waals surface area contributed by atoms with Crippen molar-refractivity contribution in [3.8, 4) is 17.6 Å². The molecule has 0 bridgehead atoms. The van der Waals surface area contributed by atoms with Crippen molar-refractivity contribution in [1.82, 2.24) is 0 Å². The molecule has 30 heavy (non-hydrogen) atoms. The lowest BCUT2D eigenvalue weighted by atomic mass is 9.82. The Morgan fingerprint density at radius 1 is 1.03 bits per heavy atom. The minimum absolute atomic E-state index is 0.00708. The third kappa shape index (κ3) is 4.82. The summed E-state index contributed by atoms with van der Waals surface area (Å²) in [5.74, 6) is -0.247. The molecule has 3 aromatic rings. The summed E-state index contributed by atoms with van der Waals surface area (Å²) >= 11 is 6.55. The Morgan fingerprint density at radius 3 is 2.37 bits per heavy atom. The molecule has 0 spiro atoms. The number of para-hydroxylation sites is 1. The van der Waals surface area contributed by atoms with E-state index in [2.05, 4.69) is 6.07 Å². The first-order chi connectivity index (χ1) is 14.4. The van der Waals surface area contributed by atoms with Gasteiger partial charge in [0.05, 0.1) is 18.4 Å². The van der Waals surface area contributed by atoms with Crippen molar-refractivity contribution >= 4 is 17.6 Å². The third-order valence-electron chi connectivity index (χ3n) is 4.83. The lowest BCUT2D eigenvalue weighted by molar-refractivity contribution is -0.136. The summed E-state index contributed by atoms with van der Waals surface area (Å²) in [5, 5.41) is 19.8. The molecule has 0 aliphatic carbocycles. The Bertz CT molecular complexity index is 1090. The summed E-state index contributed by atoms with van der Waals surface area (Å²) in [6.45, 7) is 3.95. The van der Waals surface area contributed by atoms with Gasteiger partial charge in [-0.2, -0.15) is 5.26 Å². The van der Waals surface area contributed by atoms with Crippen LogP contribution in [0.3, 0.4) is 0 Å². The van der Waals surface area contributed by atoms with E-state index >= 15 is 0 Å². The van der Waals surface area contributed by atoms with Gasteiger partial charge in [-0.3, -0.25) is 4.79 Å². The van der Waals surface area contributed by atoms with Crippen LogP contribution in [0.5, 0.6) is 11.5 Å². The van der Waals surface area contributed by atoms with E-state index in [1.165, 1.54) is 0 Å². The monoisotopic (exact) mass is 419 g/mol. The van der Waals surface area contributed by atoms with E-state index in [1.54, 1.807) is 12.1 Å². The highest BCUT2D eigenvalue weighted by atomic mass is 35.5. The summed E-state index contributed by atoms with van der Waals surface area (Å²) in [6.07, 6.45) is -0.118. The molecular weight excluding hydrogens is 398 g/mol. The molecule has 152 valence electrons. The van der Waals surface area contributed by atoms with E-state index < -0.39 is 11.9 Å². The number of hydrogen-bond acceptors (Lipinski definition) is 3. The van der Waals surface area contributed by atoms with Gasteiger partial charge in [0.2, 0.25) is 0 Å². The standard InChI is InChI=1S/C25H22ClNO3/c1-16(2)24-18(14-23(28)29)11-12-22(26)25(24)21(15-27)17-7-6-10-20(13-17)30-19-8-4-3-5-9-19/h3-13,16,21H,14H2,1-2H3,(H,28,29). The molecule has 5 heteroatoms. The number of hydrogen-bond donors (Lipinski definition) is 1. The number of carboxylic acids is 1. The summed E-state index contributed by atoms with van der Waals surface area (Å²) in [6, 6.07) is 22.5. The van der Waals surface area contributed by atoms with Crippen LogP contribution in [-0.2, 0) is 11.2 Å². The van der Waals surface area contributed by atoms with Crippen molar-refractivity contribution in [2.75, 3.05) is 0 Å². The molecule has 3 aromatic carbocycles. The van der Waals surface area contributed by atoms with Gasteiger partial charge in [0.15, 0.2) is 0 Å². The Hall–Kier alpha value is -3.29. The van der Waals surface area contributed by atoms with Gasteiger partial charge in [-0.1, -0.05) is 61.8 Å². The molecule has 0 aliphatic rings. The molecule has 0 fully saturated rings. The van der Waals surface area contributed by atoms with Crippen LogP contribution in [0, 0.1) is 11.3 Å². The first-order valence-electron chi connectivity index (χ1n) is 9.66. The quantitative estimate of drug-likeness (QED) is 0.472. The largest absolute Gasteiger partial charge is 0.481 e. The number of carbonyl (C=O) groups is 1. The molecule has 0 amide bonds. The number of rotatable bonds is 7. The molecule has 0 aliphatic heterocycles. The number of ether oxygens (including phenoxy) is 1. The number of carboxylic acid groups (broad SMARTS) is 1. The number of aliphatic carboxylic acids is 1. The third-order valence-corrected chi connectivity index (χ3v) is 5.16. The fourth-order valence-electron chi connectivity index (χ4n) is 3.64. The van der Waals surface area contributed by atoms with Crippen LogP contribution >= 0.6 is 11.6 Å². The zero-order valence-electron chi connectivity index (χ0n) is 16.8. The maximum atomic E-state index is 11.4. The molecular formula is C25H22ClNO3. The minimum Gasteiger partial charge on any atom is -0.481 e. The Balaban J connectivity index is 2.07. The van der Waals surface area contributed by atoms with Crippen molar-refractivity contribution in [3.05, 3.63) is 94.0 Å². The van der Waals surface area contributed by atoms with Crippen LogP contribution in [0.25, 0.3) is 0 Å². The highest BCUT2D eigenvalue weighted by molar-refractivity contribution is 6.31. The Labute approximate surface area is 181 Å². The molecule has 1 N–H and O–H groups in total. The van der Waals surface area contributed by atoms with Gasteiger partial charge in [0.25, 0.3) is 0 Å². The predicted molar refractivity (Wildman–Crippen MR) is 117 cm³/mol. The van der Waals surface area contributed by atoms with E-state index in [0.29, 0.717) is 27.6 Å². The average molecular weight is 420 g/mol. The lowest BCUT2D eigenvalue weighted by Crippen LogP contribution is -2.11. The molecule has 0 radical (unpaired) electrons. The second-order valence-corrected chi connectivity index (χ2v) is 7.72. The second kappa shape index (κ2) is 9.47. The van der Waals surface area contributed by atoms with E-state index in [-0.39, 0.29) is 12.3 Å². The predicted octanol–water partition coefficient (Wildman–Crippen LogP) is 6.54. The molecule has 1 atom stereocenters. The fourth-order valence-corrected chi connectivity index (χ4v) is 3.91. The summed E-state index contributed by atoms with van der Waals surface area (Å²) in [7, 11) is 0. The number of nitriles is 1. The number of benzene rings is 3. The first-order valence-corrected chi connectivity index (χ1v) is 10.0. The Morgan fingerprint density at radius 2 is 1.73 bits per heavy atom. The smallest absolute Gasteiger partial charge is 0.307 e. The van der Waals surface area contributed by atoms with Crippen molar-refractivity contribution < 1.29 is 14.6 Å². The van der Waals surface area contributed by atoms with Gasteiger partial charge in [-0.15, -0.1) is 0 Å². The first kappa shape index (κ1) is 21.4. The van der Waals surface area contributed by atoms with Crippen molar-refractivity contribution in [2.24, 2.45) is 0 Å². The summed E-state index contributed by atoms with van der Waals surface area (Å²) < 4.78 is 5.91. The SMILES string of the molecule is CC(C)c1c(CC(=O)O)ccc(Cl)c1C(C#N)c1cccc(Oc2ccccc2)c1. The highest BCUT2D eigenvalue weighted by Gasteiger charge is 2.25. The van der Waals surface area contributed by atoms with Crippen molar-refractivity contribution in [1.29, 1.82) is 5.26 Å². The molecule has 0 aromatic heterocycles. The average Bonchev–Trinajstić information content (AvgIpc) is 2.71. The van der Waals surface area contributed by atoms with Crippen LogP contribution < -0.4 is 4.74 Å². The van der Waals surface area contributed by atoms with Crippen LogP contribution in [0.2, 0.25) is 5.02 Å². The molecule has 0 heterocycles. The minimum atomic E-state index is -0.920. The normalized spacial score (nSPS) is 11.7. The van der Waals surface area contributed by atoms with Crippen LogP contribution in [-0.4, -0.2) is 11.1 Å². The van der Waals surface area contributed by atoms with Gasteiger partial charge in [0, 0.05) is 5.02 Å². The number of nitrogens with zero attached hydrogens (tertiary/aromatic N) is 1. The van der Waals surface area contributed by atoms with Crippen LogP contribution in [0.1, 0.15) is 47.9 Å². The van der Waals surface area contributed by atoms with E-state index in [1.807, 2.05) is 68.4 Å². The summed E-state index contributed by atoms with van der Waals surface area (Å²) in [4.78, 5) is 11.4. The molecule has 4 nitrogen and oxygen atoms in total. The molecule has 0 saturated carbocycles. The Kier molecular flexibility index (Phi) is 6.76. The van der Waals surface area contributed by atoms with Crippen molar-refractivity contribution in [3.63, 3.8) is 0 Å². The maximum Gasteiger partial charge on any atom is 0.307 e. The van der Waals surface area contributed by atoms with Gasteiger partial charge in [-0.25, -0.2) is 0 Å².